The first-order valence-corrected chi connectivity index (χ1v) is 9.59. The van der Waals surface area contributed by atoms with Crippen LogP contribution < -0.4 is 24.8 Å². The number of guanidine groups is 1. The fourth-order valence-corrected chi connectivity index (χ4v) is 3.10. The number of aromatic nitrogens is 2. The zero-order valence-electron chi connectivity index (χ0n) is 18.0. The molecule has 0 radical (unpaired) electrons. The maximum Gasteiger partial charge on any atom is 0.203 e. The number of nitrogens with zero attached hydrogens (tertiary/aromatic N) is 3. The van der Waals surface area contributed by atoms with Crippen molar-refractivity contribution in [1.29, 1.82) is 0 Å². The number of hydrogen-bond acceptors (Lipinski definition) is 5. The van der Waals surface area contributed by atoms with Gasteiger partial charge in [-0.1, -0.05) is 6.07 Å². The van der Waals surface area contributed by atoms with E-state index < -0.39 is 0 Å². The van der Waals surface area contributed by atoms with Crippen LogP contribution in [0.4, 0.5) is 4.39 Å². The van der Waals surface area contributed by atoms with Gasteiger partial charge in [-0.15, -0.1) is 0 Å². The smallest absolute Gasteiger partial charge is 0.203 e. The first kappa shape index (κ1) is 21.9. The summed E-state index contributed by atoms with van der Waals surface area (Å²) in [5, 5.41) is 6.41. The van der Waals surface area contributed by atoms with Gasteiger partial charge in [0.15, 0.2) is 17.5 Å². The van der Waals surface area contributed by atoms with Crippen molar-refractivity contribution in [2.75, 3.05) is 28.4 Å². The summed E-state index contributed by atoms with van der Waals surface area (Å²) in [5.74, 6) is 1.95. The van der Waals surface area contributed by atoms with Gasteiger partial charge < -0.3 is 29.4 Å². The number of benzene rings is 2. The third-order valence-corrected chi connectivity index (χ3v) is 4.66. The third-order valence-electron chi connectivity index (χ3n) is 4.66. The molecule has 9 heteroatoms. The molecular weight excluding hydrogens is 401 g/mol. The second-order valence-electron chi connectivity index (χ2n) is 6.57. The monoisotopic (exact) mass is 427 g/mol. The van der Waals surface area contributed by atoms with E-state index in [2.05, 4.69) is 20.6 Å². The SMILES string of the molecule is CN=C(NCc1ccc(-n2ccnc2)c(F)c1)NCc1cc(OC)c(OC)c(OC)c1. The van der Waals surface area contributed by atoms with Crippen molar-refractivity contribution in [2.45, 2.75) is 13.1 Å². The van der Waals surface area contributed by atoms with E-state index in [0.29, 0.717) is 42.0 Å². The van der Waals surface area contributed by atoms with Crippen molar-refractivity contribution >= 4 is 5.96 Å². The molecule has 0 unspecified atom stereocenters. The molecule has 1 heterocycles. The summed E-state index contributed by atoms with van der Waals surface area (Å²) in [6.45, 7) is 0.889. The summed E-state index contributed by atoms with van der Waals surface area (Å²) < 4.78 is 32.2. The first-order valence-electron chi connectivity index (χ1n) is 9.59. The molecule has 31 heavy (non-hydrogen) atoms. The van der Waals surface area contributed by atoms with Gasteiger partial charge >= 0.3 is 0 Å². The molecule has 164 valence electrons. The van der Waals surface area contributed by atoms with E-state index in [1.807, 2.05) is 18.2 Å². The number of imidazole rings is 1. The van der Waals surface area contributed by atoms with E-state index in [1.54, 1.807) is 57.7 Å². The van der Waals surface area contributed by atoms with Gasteiger partial charge in [0.1, 0.15) is 5.82 Å². The maximum atomic E-state index is 14.4. The quantitative estimate of drug-likeness (QED) is 0.425. The van der Waals surface area contributed by atoms with Gasteiger partial charge in [0.2, 0.25) is 5.75 Å². The molecule has 0 fully saturated rings. The molecular formula is C22H26FN5O3. The van der Waals surface area contributed by atoms with Crippen molar-refractivity contribution in [3.05, 3.63) is 66.0 Å². The maximum absolute atomic E-state index is 14.4. The van der Waals surface area contributed by atoms with E-state index in [9.17, 15) is 4.39 Å². The van der Waals surface area contributed by atoms with Crippen molar-refractivity contribution in [1.82, 2.24) is 20.2 Å². The lowest BCUT2D eigenvalue weighted by Gasteiger charge is -2.16. The fraction of sp³-hybridized carbons (Fsp3) is 0.273. The topological polar surface area (TPSA) is 81.9 Å². The summed E-state index contributed by atoms with van der Waals surface area (Å²) in [6.07, 6.45) is 4.87. The van der Waals surface area contributed by atoms with Gasteiger partial charge in [0.25, 0.3) is 0 Å². The molecule has 3 rings (SSSR count). The molecule has 0 saturated heterocycles. The Labute approximate surface area is 180 Å². The van der Waals surface area contributed by atoms with Crippen LogP contribution in [0.5, 0.6) is 17.2 Å². The van der Waals surface area contributed by atoms with Crippen molar-refractivity contribution < 1.29 is 18.6 Å². The summed E-state index contributed by atoms with van der Waals surface area (Å²) in [5.41, 5.74) is 2.16. The average molecular weight is 427 g/mol. The van der Waals surface area contributed by atoms with Crippen LogP contribution in [0.25, 0.3) is 5.69 Å². The minimum atomic E-state index is -0.322. The van der Waals surface area contributed by atoms with E-state index in [4.69, 9.17) is 14.2 Å². The largest absolute Gasteiger partial charge is 0.493 e. The number of ether oxygens (including phenoxy) is 3. The zero-order chi connectivity index (χ0) is 22.2. The molecule has 1 aromatic heterocycles. The molecule has 0 aliphatic heterocycles. The van der Waals surface area contributed by atoms with Gasteiger partial charge in [-0.05, 0) is 35.4 Å². The number of methoxy groups -OCH3 is 3. The predicted molar refractivity (Wildman–Crippen MR) is 117 cm³/mol. The molecule has 8 nitrogen and oxygen atoms in total. The molecule has 2 N–H and O–H groups in total. The number of halogens is 1. The number of aliphatic imine (C=N–C) groups is 1. The van der Waals surface area contributed by atoms with Gasteiger partial charge in [-0.2, -0.15) is 0 Å². The molecule has 3 aromatic rings. The van der Waals surface area contributed by atoms with Gasteiger partial charge in [-0.25, -0.2) is 9.37 Å². The molecule has 0 saturated carbocycles. The Hall–Kier alpha value is -3.75. The molecule has 2 aromatic carbocycles. The molecule has 0 atom stereocenters. The predicted octanol–water partition coefficient (Wildman–Crippen LogP) is 2.90. The number of rotatable bonds is 8. The molecule has 0 spiro atoms. The summed E-state index contributed by atoms with van der Waals surface area (Å²) in [6, 6.07) is 8.81. The summed E-state index contributed by atoms with van der Waals surface area (Å²) in [7, 11) is 6.39. The van der Waals surface area contributed by atoms with Crippen LogP contribution in [0, 0.1) is 5.82 Å². The van der Waals surface area contributed by atoms with E-state index in [1.165, 1.54) is 6.07 Å². The number of nitrogens with one attached hydrogen (secondary N) is 2. The molecule has 0 amide bonds. The fourth-order valence-electron chi connectivity index (χ4n) is 3.10. The summed E-state index contributed by atoms with van der Waals surface area (Å²) >= 11 is 0. The van der Waals surface area contributed by atoms with Crippen LogP contribution in [-0.2, 0) is 13.1 Å². The Morgan fingerprint density at radius 3 is 2.19 bits per heavy atom. The van der Waals surface area contributed by atoms with Crippen LogP contribution in [0.1, 0.15) is 11.1 Å². The molecule has 0 bridgehead atoms. The van der Waals surface area contributed by atoms with Gasteiger partial charge in [0.05, 0.1) is 33.3 Å². The standard InChI is InChI=1S/C22H26FN5O3/c1-24-22(27-13-16-10-19(29-2)21(31-4)20(11-16)30-3)26-12-15-5-6-18(17(23)9-15)28-8-7-25-14-28/h5-11,14H,12-13H2,1-4H3,(H2,24,26,27). The Morgan fingerprint density at radius 2 is 1.68 bits per heavy atom. The highest BCUT2D eigenvalue weighted by atomic mass is 19.1. The first-order chi connectivity index (χ1) is 15.1. The van der Waals surface area contributed by atoms with Crippen LogP contribution in [-0.4, -0.2) is 43.9 Å². The lowest BCUT2D eigenvalue weighted by Crippen LogP contribution is -2.36. The van der Waals surface area contributed by atoms with Crippen molar-refractivity contribution in [2.24, 2.45) is 4.99 Å². The lowest BCUT2D eigenvalue weighted by molar-refractivity contribution is 0.323. The normalized spacial score (nSPS) is 11.2. The van der Waals surface area contributed by atoms with Crippen LogP contribution in [0.2, 0.25) is 0 Å². The minimum Gasteiger partial charge on any atom is -0.493 e. The van der Waals surface area contributed by atoms with Crippen molar-refractivity contribution in [3.8, 4) is 22.9 Å². The van der Waals surface area contributed by atoms with Crippen LogP contribution in [0.15, 0.2) is 54.0 Å². The Kier molecular flexibility index (Phi) is 7.31. The molecule has 0 aliphatic rings. The third kappa shape index (κ3) is 5.25. The Balaban J connectivity index is 1.62. The Bertz CT molecular complexity index is 1010. The highest BCUT2D eigenvalue weighted by Gasteiger charge is 2.13. The minimum absolute atomic E-state index is 0.322. The highest BCUT2D eigenvalue weighted by molar-refractivity contribution is 5.79. The average Bonchev–Trinajstić information content (AvgIpc) is 3.33. The zero-order valence-corrected chi connectivity index (χ0v) is 18.0. The van der Waals surface area contributed by atoms with E-state index in [-0.39, 0.29) is 5.82 Å². The molecule has 0 aliphatic carbocycles. The number of hydrogen-bond donors (Lipinski definition) is 2. The lowest BCUT2D eigenvalue weighted by atomic mass is 10.1. The Morgan fingerprint density at radius 1 is 1.00 bits per heavy atom. The summed E-state index contributed by atoms with van der Waals surface area (Å²) in [4.78, 5) is 8.17. The second kappa shape index (κ2) is 10.3. The second-order valence-corrected chi connectivity index (χ2v) is 6.57. The van der Waals surface area contributed by atoms with Crippen LogP contribution >= 0.6 is 0 Å². The van der Waals surface area contributed by atoms with Crippen molar-refractivity contribution in [3.63, 3.8) is 0 Å². The van der Waals surface area contributed by atoms with E-state index in [0.717, 1.165) is 11.1 Å². The van der Waals surface area contributed by atoms with Gasteiger partial charge in [0, 0.05) is 32.5 Å². The highest BCUT2D eigenvalue weighted by Crippen LogP contribution is 2.38. The van der Waals surface area contributed by atoms with Crippen LogP contribution in [0.3, 0.4) is 0 Å². The van der Waals surface area contributed by atoms with Gasteiger partial charge in [-0.3, -0.25) is 4.99 Å². The van der Waals surface area contributed by atoms with E-state index >= 15 is 0 Å².